The van der Waals surface area contributed by atoms with Crippen LogP contribution in [0, 0.1) is 5.92 Å². The Balaban J connectivity index is 2.14. The molecule has 0 spiro atoms. The van der Waals surface area contributed by atoms with Crippen molar-refractivity contribution in [3.8, 4) is 0 Å². The molecule has 0 fully saturated rings. The molecule has 19 heavy (non-hydrogen) atoms. The van der Waals surface area contributed by atoms with Gasteiger partial charge < -0.3 is 5.32 Å². The van der Waals surface area contributed by atoms with E-state index in [1.165, 1.54) is 0 Å². The number of amides is 1. The molecule has 1 N–H and O–H groups in total. The third-order valence-corrected chi connectivity index (χ3v) is 2.86. The highest BCUT2D eigenvalue weighted by Gasteiger charge is 2.06. The van der Waals surface area contributed by atoms with E-state index in [9.17, 15) is 9.59 Å². The summed E-state index contributed by atoms with van der Waals surface area (Å²) in [4.78, 5) is 23.3. The molecule has 0 heterocycles. The average Bonchev–Trinajstić information content (AvgIpc) is 2.42. The second kappa shape index (κ2) is 8.46. The van der Waals surface area contributed by atoms with Gasteiger partial charge in [-0.15, -0.1) is 0 Å². The van der Waals surface area contributed by atoms with E-state index < -0.39 is 0 Å². The molecule has 0 aliphatic rings. The molecule has 0 aliphatic heterocycles. The number of ketones is 1. The standard InChI is InChI=1S/C16H23NO2/c1-13(2)12-17-16(19)11-7-6-10-15(18)14-8-4-3-5-9-14/h3-5,8-9,13H,6-7,10-12H2,1-2H3,(H,17,19). The Labute approximate surface area is 115 Å². The molecule has 0 unspecified atom stereocenters. The first-order valence-electron chi connectivity index (χ1n) is 6.94. The molecular formula is C16H23NO2. The first-order valence-corrected chi connectivity index (χ1v) is 6.94. The molecule has 0 aliphatic carbocycles. The summed E-state index contributed by atoms with van der Waals surface area (Å²) in [6.45, 7) is 4.86. The van der Waals surface area contributed by atoms with E-state index in [0.717, 1.165) is 24.9 Å². The molecule has 3 heteroatoms. The van der Waals surface area contributed by atoms with Gasteiger partial charge in [-0.2, -0.15) is 0 Å². The van der Waals surface area contributed by atoms with Gasteiger partial charge in [-0.05, 0) is 18.8 Å². The summed E-state index contributed by atoms with van der Waals surface area (Å²) in [6, 6.07) is 9.30. The van der Waals surface area contributed by atoms with Crippen LogP contribution in [0.4, 0.5) is 0 Å². The van der Waals surface area contributed by atoms with E-state index in [1.54, 1.807) is 0 Å². The van der Waals surface area contributed by atoms with Crippen molar-refractivity contribution in [2.75, 3.05) is 6.54 Å². The fraction of sp³-hybridized carbons (Fsp3) is 0.500. The summed E-state index contributed by atoms with van der Waals surface area (Å²) in [7, 11) is 0. The minimum atomic E-state index is 0.0841. The number of benzene rings is 1. The molecule has 0 atom stereocenters. The highest BCUT2D eigenvalue weighted by molar-refractivity contribution is 5.95. The van der Waals surface area contributed by atoms with Crippen LogP contribution in [0.25, 0.3) is 0 Å². The summed E-state index contributed by atoms with van der Waals surface area (Å²) < 4.78 is 0. The Morgan fingerprint density at radius 1 is 1.05 bits per heavy atom. The molecule has 0 saturated heterocycles. The van der Waals surface area contributed by atoms with Crippen LogP contribution < -0.4 is 5.32 Å². The summed E-state index contributed by atoms with van der Waals surface area (Å²) >= 11 is 0. The first-order chi connectivity index (χ1) is 9.09. The van der Waals surface area contributed by atoms with Gasteiger partial charge in [0.2, 0.25) is 5.91 Å². The molecule has 104 valence electrons. The monoisotopic (exact) mass is 261 g/mol. The van der Waals surface area contributed by atoms with E-state index in [1.807, 2.05) is 30.3 Å². The molecule has 0 bridgehead atoms. The highest BCUT2D eigenvalue weighted by Crippen LogP contribution is 2.08. The van der Waals surface area contributed by atoms with E-state index >= 15 is 0 Å². The van der Waals surface area contributed by atoms with E-state index in [4.69, 9.17) is 0 Å². The Kier molecular flexibility index (Phi) is 6.86. The van der Waals surface area contributed by atoms with Crippen LogP contribution in [0.3, 0.4) is 0 Å². The second-order valence-corrected chi connectivity index (χ2v) is 5.19. The fourth-order valence-electron chi connectivity index (χ4n) is 1.75. The lowest BCUT2D eigenvalue weighted by molar-refractivity contribution is -0.121. The van der Waals surface area contributed by atoms with E-state index in [-0.39, 0.29) is 11.7 Å². The van der Waals surface area contributed by atoms with Crippen LogP contribution in [0.1, 0.15) is 49.9 Å². The van der Waals surface area contributed by atoms with Gasteiger partial charge in [-0.1, -0.05) is 44.2 Å². The van der Waals surface area contributed by atoms with Crippen molar-refractivity contribution in [1.82, 2.24) is 5.32 Å². The number of rotatable bonds is 8. The van der Waals surface area contributed by atoms with Crippen LogP contribution >= 0.6 is 0 Å². The summed E-state index contributed by atoms with van der Waals surface area (Å²) in [6.07, 6.45) is 2.56. The minimum absolute atomic E-state index is 0.0841. The number of hydrogen-bond acceptors (Lipinski definition) is 2. The molecule has 1 rings (SSSR count). The SMILES string of the molecule is CC(C)CNC(=O)CCCCC(=O)c1ccccc1. The molecule has 0 radical (unpaired) electrons. The predicted octanol–water partition coefficient (Wildman–Crippen LogP) is 3.20. The second-order valence-electron chi connectivity index (χ2n) is 5.19. The maximum absolute atomic E-state index is 11.8. The van der Waals surface area contributed by atoms with Gasteiger partial charge in [-0.3, -0.25) is 9.59 Å². The van der Waals surface area contributed by atoms with Crippen LogP contribution in [-0.2, 0) is 4.79 Å². The summed E-state index contributed by atoms with van der Waals surface area (Å²) in [5, 5.41) is 2.88. The number of carbonyl (C=O) groups excluding carboxylic acids is 2. The molecule has 1 aromatic carbocycles. The van der Waals surface area contributed by atoms with Gasteiger partial charge in [0.05, 0.1) is 0 Å². The number of hydrogen-bond donors (Lipinski definition) is 1. The number of Topliss-reactive ketones (excluding diaryl/α,β-unsaturated/α-hetero) is 1. The fourth-order valence-corrected chi connectivity index (χ4v) is 1.75. The summed E-state index contributed by atoms with van der Waals surface area (Å²) in [5.74, 6) is 0.715. The number of unbranched alkanes of at least 4 members (excludes halogenated alkanes) is 1. The van der Waals surface area contributed by atoms with Crippen LogP contribution in [-0.4, -0.2) is 18.2 Å². The lowest BCUT2D eigenvalue weighted by Crippen LogP contribution is -2.26. The Bertz CT molecular complexity index is 398. The third-order valence-electron chi connectivity index (χ3n) is 2.86. The quantitative estimate of drug-likeness (QED) is 0.577. The van der Waals surface area contributed by atoms with Gasteiger partial charge in [0.15, 0.2) is 5.78 Å². The molecule has 0 saturated carbocycles. The van der Waals surface area contributed by atoms with Crippen molar-refractivity contribution in [3.05, 3.63) is 35.9 Å². The zero-order valence-electron chi connectivity index (χ0n) is 11.8. The molecule has 1 amide bonds. The molecule has 0 aromatic heterocycles. The normalized spacial score (nSPS) is 10.5. The van der Waals surface area contributed by atoms with Crippen molar-refractivity contribution in [2.45, 2.75) is 39.5 Å². The van der Waals surface area contributed by atoms with Gasteiger partial charge >= 0.3 is 0 Å². The van der Waals surface area contributed by atoms with Crippen molar-refractivity contribution in [2.24, 2.45) is 5.92 Å². The van der Waals surface area contributed by atoms with Gasteiger partial charge in [0, 0.05) is 24.9 Å². The van der Waals surface area contributed by atoms with Crippen LogP contribution in [0.2, 0.25) is 0 Å². The molecule has 1 aromatic rings. The van der Waals surface area contributed by atoms with E-state index in [0.29, 0.717) is 18.8 Å². The highest BCUT2D eigenvalue weighted by atomic mass is 16.1. The third kappa shape index (κ3) is 6.75. The number of carbonyl (C=O) groups is 2. The Morgan fingerprint density at radius 3 is 2.32 bits per heavy atom. The minimum Gasteiger partial charge on any atom is -0.356 e. The number of nitrogens with one attached hydrogen (secondary N) is 1. The maximum Gasteiger partial charge on any atom is 0.220 e. The van der Waals surface area contributed by atoms with Crippen LogP contribution in [0.5, 0.6) is 0 Å². The lowest BCUT2D eigenvalue weighted by Gasteiger charge is -2.07. The molecule has 3 nitrogen and oxygen atoms in total. The zero-order valence-corrected chi connectivity index (χ0v) is 11.8. The van der Waals surface area contributed by atoms with Crippen molar-refractivity contribution in [1.29, 1.82) is 0 Å². The van der Waals surface area contributed by atoms with Crippen molar-refractivity contribution < 1.29 is 9.59 Å². The first kappa shape index (κ1) is 15.4. The summed E-state index contributed by atoms with van der Waals surface area (Å²) in [5.41, 5.74) is 0.756. The topological polar surface area (TPSA) is 46.2 Å². The van der Waals surface area contributed by atoms with Crippen molar-refractivity contribution >= 4 is 11.7 Å². The average molecular weight is 261 g/mol. The van der Waals surface area contributed by atoms with Gasteiger partial charge in [0.25, 0.3) is 0 Å². The molecular weight excluding hydrogens is 238 g/mol. The van der Waals surface area contributed by atoms with Gasteiger partial charge in [0.1, 0.15) is 0 Å². The largest absolute Gasteiger partial charge is 0.356 e. The maximum atomic E-state index is 11.8. The van der Waals surface area contributed by atoms with Crippen LogP contribution in [0.15, 0.2) is 30.3 Å². The van der Waals surface area contributed by atoms with Crippen molar-refractivity contribution in [3.63, 3.8) is 0 Å². The van der Waals surface area contributed by atoms with E-state index in [2.05, 4.69) is 19.2 Å². The smallest absolute Gasteiger partial charge is 0.220 e. The predicted molar refractivity (Wildman–Crippen MR) is 77.1 cm³/mol. The van der Waals surface area contributed by atoms with Gasteiger partial charge in [-0.25, -0.2) is 0 Å². The Morgan fingerprint density at radius 2 is 1.68 bits per heavy atom. The Hall–Kier alpha value is -1.64. The zero-order chi connectivity index (χ0) is 14.1. The lowest BCUT2D eigenvalue weighted by atomic mass is 10.0.